The highest BCUT2D eigenvalue weighted by Gasteiger charge is 2.46. The van der Waals surface area contributed by atoms with Gasteiger partial charge in [0, 0.05) is 66.4 Å². The van der Waals surface area contributed by atoms with E-state index >= 15 is 4.39 Å². The van der Waals surface area contributed by atoms with Crippen molar-refractivity contribution in [2.24, 2.45) is 0 Å². The van der Waals surface area contributed by atoms with Crippen LogP contribution in [0.2, 0.25) is 0 Å². The fourth-order valence-electron chi connectivity index (χ4n) is 11.1. The number of esters is 1. The molecule has 3 aliphatic heterocycles. The number of hydrogen-bond acceptors (Lipinski definition) is 14. The number of carbonyl (C=O) groups is 9. The maximum atomic E-state index is 15.5. The number of nitrogens with one attached hydrogen (secondary N) is 5. The van der Waals surface area contributed by atoms with E-state index in [2.05, 4.69) is 26.6 Å². The minimum Gasteiger partial charge on any atom is -0.458 e. The van der Waals surface area contributed by atoms with Crippen molar-refractivity contribution >= 4 is 69.8 Å². The van der Waals surface area contributed by atoms with E-state index in [9.17, 15) is 53.1 Å². The summed E-state index contributed by atoms with van der Waals surface area (Å²) >= 11 is 0. The van der Waals surface area contributed by atoms with Crippen LogP contribution in [0.15, 0.2) is 83.7 Å². The number of aliphatic hydroxyl groups is 1. The number of pyridine rings is 2. The molecule has 5 aromatic rings. The van der Waals surface area contributed by atoms with Crippen molar-refractivity contribution in [3.63, 3.8) is 0 Å². The number of ether oxygens (including phenoxy) is 2. The number of likely N-dealkylation sites (N-methyl/N-ethyl adjacent to an activating group) is 1. The van der Waals surface area contributed by atoms with Crippen LogP contribution in [-0.2, 0) is 90.8 Å². The van der Waals surface area contributed by atoms with E-state index in [1.165, 1.54) is 22.8 Å². The molecule has 2 aromatic heterocycles. The number of halogens is 1. The number of fused-ring (bicyclic) bond motifs is 5. The third-order valence-corrected chi connectivity index (χ3v) is 15.6. The van der Waals surface area contributed by atoms with E-state index in [4.69, 9.17) is 14.5 Å². The van der Waals surface area contributed by atoms with Crippen molar-refractivity contribution in [2.75, 3.05) is 44.6 Å². The van der Waals surface area contributed by atoms with E-state index in [1.54, 1.807) is 79.4 Å². The summed E-state index contributed by atoms with van der Waals surface area (Å²) < 4.78 is 28.3. The molecule has 0 spiro atoms. The van der Waals surface area contributed by atoms with Gasteiger partial charge in [-0.2, -0.15) is 0 Å². The lowest BCUT2D eigenvalue weighted by Gasteiger charge is -2.37. The normalized spacial score (nSPS) is 16.8. The minimum absolute atomic E-state index is 0.0325. The molecule has 9 rings (SSSR count). The highest BCUT2D eigenvalue weighted by Crippen LogP contribution is 2.47. The highest BCUT2D eigenvalue weighted by atomic mass is 19.1. The average molecular weight is 1140 g/mol. The Morgan fingerprint density at radius 2 is 1.55 bits per heavy atom. The number of unbranched alkanes of at least 4 members (excludes halogenated alkanes) is 2. The summed E-state index contributed by atoms with van der Waals surface area (Å²) in [5.41, 5.74) is 3.50. The number of aromatic nitrogens is 2. The number of amides is 8. The molecule has 1 aliphatic carbocycles. The molecule has 434 valence electrons. The van der Waals surface area contributed by atoms with Gasteiger partial charge in [0.25, 0.3) is 17.4 Å². The molecule has 3 atom stereocenters. The Morgan fingerprint density at radius 3 is 2.28 bits per heavy atom. The third kappa shape index (κ3) is 12.7. The molecule has 0 fully saturated rings. The fourth-order valence-corrected chi connectivity index (χ4v) is 11.1. The summed E-state index contributed by atoms with van der Waals surface area (Å²) in [7, 11) is 0. The second-order valence-corrected chi connectivity index (χ2v) is 20.8. The van der Waals surface area contributed by atoms with Crippen LogP contribution in [0.1, 0.15) is 103 Å². The molecule has 3 aromatic carbocycles. The predicted octanol–water partition coefficient (Wildman–Crippen LogP) is 3.08. The maximum Gasteiger partial charge on any atom is 0.343 e. The summed E-state index contributed by atoms with van der Waals surface area (Å²) in [4.78, 5) is 136. The van der Waals surface area contributed by atoms with Gasteiger partial charge in [0.05, 0.1) is 61.3 Å². The van der Waals surface area contributed by atoms with Crippen LogP contribution in [-0.4, -0.2) is 123 Å². The standard InChI is InChI=1S/C60H64FN9O13/c1-4-60(81)41-25-46-56-39(30-70(46)58(79)40(41)32-83-59(60)80)55-45(20-19-38-34(3)42(61)26-43(67-56)54(38)55)68(5-2)53(77)33-82-31-36-15-17-37(18-16-36)65-49(73)29-64-57(78)44(24-35-12-8-6-9-13-35)66-50(74)28-63-48(72)27-62-47(71)14-10-7-11-23-69-51(75)21-22-52(69)76/h6,8-9,12-13,15-18,21-22,25-26,44-45,81H,4-5,7,10-11,14,19-20,23-24,27-33H2,1-3H3,(H,62,71)(H,63,72)(H,64,78)(H,65,73)(H,66,74)/t44-,45-,60-/m0/s1. The Labute approximate surface area is 476 Å². The molecule has 5 heterocycles. The van der Waals surface area contributed by atoms with E-state index < -0.39 is 84.2 Å². The van der Waals surface area contributed by atoms with Crippen LogP contribution in [0.4, 0.5) is 10.1 Å². The Morgan fingerprint density at radius 1 is 0.843 bits per heavy atom. The zero-order valence-corrected chi connectivity index (χ0v) is 46.2. The number of imide groups is 1. The number of nitrogens with zero attached hydrogens (tertiary/aromatic N) is 4. The molecule has 83 heavy (non-hydrogen) atoms. The molecular formula is C60H64FN9O13. The third-order valence-electron chi connectivity index (χ3n) is 15.6. The van der Waals surface area contributed by atoms with Gasteiger partial charge in [-0.15, -0.1) is 0 Å². The smallest absolute Gasteiger partial charge is 0.343 e. The lowest BCUT2D eigenvalue weighted by molar-refractivity contribution is -0.172. The summed E-state index contributed by atoms with van der Waals surface area (Å²) in [6.45, 7) is 3.96. The van der Waals surface area contributed by atoms with Gasteiger partial charge in [-0.3, -0.25) is 48.1 Å². The predicted molar refractivity (Wildman–Crippen MR) is 298 cm³/mol. The van der Waals surface area contributed by atoms with Crippen LogP contribution in [0.5, 0.6) is 0 Å². The van der Waals surface area contributed by atoms with Crippen molar-refractivity contribution in [1.29, 1.82) is 0 Å². The monoisotopic (exact) mass is 1140 g/mol. The Bertz CT molecular complexity index is 3510. The van der Waals surface area contributed by atoms with Crippen LogP contribution in [0, 0.1) is 12.7 Å². The number of anilines is 1. The first kappa shape index (κ1) is 58.7. The fraction of sp³-hybridized carbons (Fsp3) is 0.383. The quantitative estimate of drug-likeness (QED) is 0.0289. The van der Waals surface area contributed by atoms with Crippen molar-refractivity contribution in [3.8, 4) is 11.4 Å². The molecule has 6 N–H and O–H groups in total. The number of benzene rings is 3. The molecule has 22 nitrogen and oxygen atoms in total. The highest BCUT2D eigenvalue weighted by molar-refractivity contribution is 6.12. The van der Waals surface area contributed by atoms with Gasteiger partial charge in [0.1, 0.15) is 25.1 Å². The van der Waals surface area contributed by atoms with Crippen molar-refractivity contribution in [3.05, 3.63) is 140 Å². The lowest BCUT2D eigenvalue weighted by Crippen LogP contribution is -2.52. The van der Waals surface area contributed by atoms with Gasteiger partial charge in [-0.05, 0) is 92.0 Å². The number of hydrogen-bond donors (Lipinski definition) is 6. The summed E-state index contributed by atoms with van der Waals surface area (Å²) in [5, 5.41) is 25.0. The number of rotatable bonds is 24. The lowest BCUT2D eigenvalue weighted by atomic mass is 9.81. The zero-order valence-electron chi connectivity index (χ0n) is 46.2. The number of cyclic esters (lactones) is 1. The number of aryl methyl sites for hydroxylation is 1. The van der Waals surface area contributed by atoms with Gasteiger partial charge in [-0.1, -0.05) is 55.8 Å². The average Bonchev–Trinajstić information content (AvgIpc) is 2.93. The molecule has 0 saturated heterocycles. The molecule has 0 bridgehead atoms. The van der Waals surface area contributed by atoms with Crippen molar-refractivity contribution < 1.29 is 62.1 Å². The van der Waals surface area contributed by atoms with Gasteiger partial charge in [0.15, 0.2) is 5.60 Å². The maximum absolute atomic E-state index is 15.5. The second-order valence-electron chi connectivity index (χ2n) is 20.8. The number of carbonyl (C=O) groups excluding carboxylic acids is 9. The van der Waals surface area contributed by atoms with E-state index in [-0.39, 0.29) is 81.0 Å². The molecule has 23 heteroatoms. The van der Waals surface area contributed by atoms with Gasteiger partial charge < -0.3 is 50.6 Å². The molecule has 0 radical (unpaired) electrons. The Kier molecular flexibility index (Phi) is 18.0. The first-order chi connectivity index (χ1) is 39.9. The largest absolute Gasteiger partial charge is 0.458 e. The summed E-state index contributed by atoms with van der Waals surface area (Å²) in [5.74, 6) is -5.26. The van der Waals surface area contributed by atoms with E-state index in [1.807, 2.05) is 6.92 Å². The van der Waals surface area contributed by atoms with Crippen LogP contribution in [0.3, 0.4) is 0 Å². The second kappa shape index (κ2) is 25.5. The van der Waals surface area contributed by atoms with Crippen LogP contribution < -0.4 is 32.1 Å². The molecule has 0 saturated carbocycles. The summed E-state index contributed by atoms with van der Waals surface area (Å²) in [6.07, 6.45) is 5.06. The van der Waals surface area contributed by atoms with E-state index in [0.717, 1.165) is 21.4 Å². The minimum atomic E-state index is -2.04. The molecular weight excluding hydrogens is 1070 g/mol. The van der Waals surface area contributed by atoms with Gasteiger partial charge in [0.2, 0.25) is 35.4 Å². The summed E-state index contributed by atoms with van der Waals surface area (Å²) in [6, 6.07) is 16.9. The SMILES string of the molecule is CCN(C(=O)COCc1ccc(NC(=O)CNC(=O)[C@H](Cc2ccccc2)NC(=O)CNC(=O)CNC(=O)CCCCCN2C(=O)C=CC2=O)cc1)[C@H]1CCc2c(C)c(F)cc3nc4c(c1c23)Cn1c-4cc2c(c1=O)COC(=O)[C@]2(O)CC. The van der Waals surface area contributed by atoms with Crippen molar-refractivity contribution in [1.82, 2.24) is 40.6 Å². The van der Waals surface area contributed by atoms with Gasteiger partial charge in [-0.25, -0.2) is 14.2 Å². The Balaban J connectivity index is 0.755. The molecule has 4 aliphatic rings. The zero-order chi connectivity index (χ0) is 59.1. The first-order valence-corrected chi connectivity index (χ1v) is 27.6. The topological polar surface area (TPSA) is 294 Å². The van der Waals surface area contributed by atoms with Crippen LogP contribution in [0.25, 0.3) is 22.3 Å². The first-order valence-electron chi connectivity index (χ1n) is 27.6. The van der Waals surface area contributed by atoms with Crippen LogP contribution >= 0.6 is 0 Å². The molecule has 0 unspecified atom stereocenters. The molecule has 8 amide bonds. The van der Waals surface area contributed by atoms with Gasteiger partial charge >= 0.3 is 5.97 Å². The van der Waals surface area contributed by atoms with E-state index in [0.29, 0.717) is 83.5 Å². The van der Waals surface area contributed by atoms with Crippen molar-refractivity contribution in [2.45, 2.75) is 110 Å². The Hall–Kier alpha value is -8.96.